The SMILES string of the molecule is CCNC(C)(CCCN1CCC(N(CC)CC)C1)C(N)=O. The third-order valence-electron chi connectivity index (χ3n) is 4.84. The monoisotopic (exact) mass is 298 g/mol. The molecule has 0 radical (unpaired) electrons. The van der Waals surface area contributed by atoms with E-state index in [1.165, 1.54) is 13.0 Å². The van der Waals surface area contributed by atoms with Crippen molar-refractivity contribution < 1.29 is 4.79 Å². The van der Waals surface area contributed by atoms with Gasteiger partial charge < -0.3 is 16.0 Å². The summed E-state index contributed by atoms with van der Waals surface area (Å²) in [7, 11) is 0. The summed E-state index contributed by atoms with van der Waals surface area (Å²) in [5, 5.41) is 3.23. The summed E-state index contributed by atoms with van der Waals surface area (Å²) in [6, 6.07) is 0.705. The number of likely N-dealkylation sites (N-methyl/N-ethyl adjacent to an activating group) is 2. The fraction of sp³-hybridized carbons (Fsp3) is 0.938. The quantitative estimate of drug-likeness (QED) is 0.632. The van der Waals surface area contributed by atoms with Crippen LogP contribution in [0.4, 0.5) is 0 Å². The molecule has 1 rings (SSSR count). The molecule has 1 aliphatic rings. The molecule has 0 aliphatic carbocycles. The number of primary amides is 1. The topological polar surface area (TPSA) is 61.6 Å². The first kappa shape index (κ1) is 18.4. The Morgan fingerprint density at radius 3 is 2.57 bits per heavy atom. The molecule has 0 saturated carbocycles. The molecule has 5 heteroatoms. The van der Waals surface area contributed by atoms with Gasteiger partial charge in [0.1, 0.15) is 0 Å². The molecule has 0 bridgehead atoms. The van der Waals surface area contributed by atoms with Crippen molar-refractivity contribution in [3.63, 3.8) is 0 Å². The van der Waals surface area contributed by atoms with Gasteiger partial charge in [0.05, 0.1) is 5.54 Å². The van der Waals surface area contributed by atoms with E-state index < -0.39 is 5.54 Å². The minimum atomic E-state index is -0.563. The molecule has 1 heterocycles. The Morgan fingerprint density at radius 1 is 1.38 bits per heavy atom. The third-order valence-corrected chi connectivity index (χ3v) is 4.84. The number of carbonyl (C=O) groups is 1. The predicted octanol–water partition coefficient (Wildman–Crippen LogP) is 1.04. The molecule has 0 aromatic rings. The van der Waals surface area contributed by atoms with Crippen LogP contribution in [0.3, 0.4) is 0 Å². The lowest BCUT2D eigenvalue weighted by Gasteiger charge is -2.28. The maximum atomic E-state index is 11.6. The Balaban J connectivity index is 2.35. The molecule has 1 saturated heterocycles. The predicted molar refractivity (Wildman–Crippen MR) is 88.3 cm³/mol. The molecule has 3 N–H and O–H groups in total. The number of rotatable bonds is 10. The normalized spacial score (nSPS) is 22.6. The van der Waals surface area contributed by atoms with Gasteiger partial charge in [-0.25, -0.2) is 0 Å². The fourth-order valence-electron chi connectivity index (χ4n) is 3.40. The number of hydrogen-bond donors (Lipinski definition) is 2. The van der Waals surface area contributed by atoms with Crippen molar-refractivity contribution in [2.24, 2.45) is 5.73 Å². The average Bonchev–Trinajstić information content (AvgIpc) is 2.89. The van der Waals surface area contributed by atoms with Crippen LogP contribution < -0.4 is 11.1 Å². The molecular weight excluding hydrogens is 264 g/mol. The second-order valence-corrected chi connectivity index (χ2v) is 6.29. The highest BCUT2D eigenvalue weighted by molar-refractivity contribution is 5.84. The van der Waals surface area contributed by atoms with E-state index in [2.05, 4.69) is 29.0 Å². The first-order valence-electron chi connectivity index (χ1n) is 8.48. The third kappa shape index (κ3) is 5.24. The molecule has 1 amide bonds. The number of carbonyl (C=O) groups excluding carboxylic acids is 1. The van der Waals surface area contributed by atoms with Gasteiger partial charge in [-0.15, -0.1) is 0 Å². The summed E-state index contributed by atoms with van der Waals surface area (Å²) in [4.78, 5) is 16.7. The van der Waals surface area contributed by atoms with Gasteiger partial charge in [0.15, 0.2) is 0 Å². The van der Waals surface area contributed by atoms with Crippen LogP contribution in [0.5, 0.6) is 0 Å². The minimum absolute atomic E-state index is 0.244. The first-order valence-corrected chi connectivity index (χ1v) is 8.48. The van der Waals surface area contributed by atoms with Crippen molar-refractivity contribution in [3.8, 4) is 0 Å². The number of nitrogens with zero attached hydrogens (tertiary/aromatic N) is 2. The molecule has 0 aromatic heterocycles. The Hall–Kier alpha value is -0.650. The molecular formula is C16H34N4O. The van der Waals surface area contributed by atoms with Gasteiger partial charge in [-0.05, 0) is 58.9 Å². The maximum Gasteiger partial charge on any atom is 0.237 e. The lowest BCUT2D eigenvalue weighted by Crippen LogP contribution is -2.53. The minimum Gasteiger partial charge on any atom is -0.368 e. The number of amides is 1. The lowest BCUT2D eigenvalue weighted by molar-refractivity contribution is -0.124. The van der Waals surface area contributed by atoms with Gasteiger partial charge >= 0.3 is 0 Å². The zero-order chi connectivity index (χ0) is 15.9. The van der Waals surface area contributed by atoms with Crippen molar-refractivity contribution in [2.45, 2.75) is 58.5 Å². The number of hydrogen-bond acceptors (Lipinski definition) is 4. The number of nitrogens with one attached hydrogen (secondary N) is 1. The van der Waals surface area contributed by atoms with Gasteiger partial charge in [-0.2, -0.15) is 0 Å². The Labute approximate surface area is 130 Å². The van der Waals surface area contributed by atoms with E-state index in [-0.39, 0.29) is 5.91 Å². The molecule has 2 unspecified atom stereocenters. The van der Waals surface area contributed by atoms with Gasteiger partial charge in [0, 0.05) is 12.6 Å². The Bertz CT molecular complexity index is 319. The smallest absolute Gasteiger partial charge is 0.237 e. The van der Waals surface area contributed by atoms with Crippen LogP contribution in [0.2, 0.25) is 0 Å². The fourth-order valence-corrected chi connectivity index (χ4v) is 3.40. The summed E-state index contributed by atoms with van der Waals surface area (Å²) in [6.45, 7) is 14.8. The summed E-state index contributed by atoms with van der Waals surface area (Å²) >= 11 is 0. The molecule has 5 nitrogen and oxygen atoms in total. The second kappa shape index (κ2) is 8.71. The van der Waals surface area contributed by atoms with E-state index in [0.717, 1.165) is 45.6 Å². The van der Waals surface area contributed by atoms with Crippen molar-refractivity contribution in [1.29, 1.82) is 0 Å². The van der Waals surface area contributed by atoms with Crippen LogP contribution in [0.15, 0.2) is 0 Å². The van der Waals surface area contributed by atoms with Crippen molar-refractivity contribution in [1.82, 2.24) is 15.1 Å². The molecule has 2 atom stereocenters. The van der Waals surface area contributed by atoms with Crippen LogP contribution in [-0.2, 0) is 4.79 Å². The highest BCUT2D eigenvalue weighted by Crippen LogP contribution is 2.18. The van der Waals surface area contributed by atoms with Gasteiger partial charge in [0.2, 0.25) is 5.91 Å². The maximum absolute atomic E-state index is 11.6. The number of likely N-dealkylation sites (tertiary alicyclic amines) is 1. The zero-order valence-electron chi connectivity index (χ0n) is 14.3. The van der Waals surface area contributed by atoms with Crippen molar-refractivity contribution >= 4 is 5.91 Å². The van der Waals surface area contributed by atoms with Crippen LogP contribution in [0.1, 0.15) is 47.0 Å². The van der Waals surface area contributed by atoms with Gasteiger partial charge in [-0.1, -0.05) is 20.8 Å². The lowest BCUT2D eigenvalue weighted by atomic mass is 9.94. The summed E-state index contributed by atoms with van der Waals surface area (Å²) in [5.74, 6) is -0.244. The average molecular weight is 298 g/mol. The molecule has 1 aliphatic heterocycles. The van der Waals surface area contributed by atoms with Gasteiger partial charge in [0.25, 0.3) is 0 Å². The zero-order valence-corrected chi connectivity index (χ0v) is 14.3. The molecule has 1 fully saturated rings. The summed E-state index contributed by atoms with van der Waals surface area (Å²) in [6.07, 6.45) is 3.09. The van der Waals surface area contributed by atoms with E-state index in [1.807, 2.05) is 13.8 Å². The second-order valence-electron chi connectivity index (χ2n) is 6.29. The molecule has 0 aromatic carbocycles. The Kier molecular flexibility index (Phi) is 7.63. The molecule has 124 valence electrons. The first-order chi connectivity index (χ1) is 9.96. The van der Waals surface area contributed by atoms with Crippen LogP contribution in [0, 0.1) is 0 Å². The van der Waals surface area contributed by atoms with E-state index in [1.54, 1.807) is 0 Å². The van der Waals surface area contributed by atoms with Crippen LogP contribution in [0.25, 0.3) is 0 Å². The van der Waals surface area contributed by atoms with Gasteiger partial charge in [-0.3, -0.25) is 9.69 Å². The van der Waals surface area contributed by atoms with Crippen LogP contribution >= 0.6 is 0 Å². The van der Waals surface area contributed by atoms with E-state index in [4.69, 9.17) is 5.73 Å². The van der Waals surface area contributed by atoms with E-state index in [0.29, 0.717) is 6.04 Å². The standard InChI is InChI=1S/C16H34N4O/c1-5-18-16(4,15(17)21)10-8-11-19-12-9-14(13-19)20(6-2)7-3/h14,18H,5-13H2,1-4H3,(H2,17,21). The largest absolute Gasteiger partial charge is 0.368 e. The molecule has 0 spiro atoms. The van der Waals surface area contributed by atoms with E-state index >= 15 is 0 Å². The highest BCUT2D eigenvalue weighted by Gasteiger charge is 2.30. The van der Waals surface area contributed by atoms with Crippen LogP contribution in [-0.4, -0.2) is 66.6 Å². The number of nitrogens with two attached hydrogens (primary N) is 1. The van der Waals surface area contributed by atoms with E-state index in [9.17, 15) is 4.79 Å². The highest BCUT2D eigenvalue weighted by atomic mass is 16.1. The summed E-state index contributed by atoms with van der Waals surface area (Å²) in [5.41, 5.74) is 4.96. The molecule has 21 heavy (non-hydrogen) atoms. The van der Waals surface area contributed by atoms with Crippen molar-refractivity contribution in [3.05, 3.63) is 0 Å². The summed E-state index contributed by atoms with van der Waals surface area (Å²) < 4.78 is 0. The van der Waals surface area contributed by atoms with Crippen molar-refractivity contribution in [2.75, 3.05) is 39.3 Å². The Morgan fingerprint density at radius 2 is 2.05 bits per heavy atom.